The molecule has 0 saturated carbocycles. The number of ether oxygens (including phenoxy) is 1. The van der Waals surface area contributed by atoms with E-state index >= 15 is 0 Å². The van der Waals surface area contributed by atoms with Crippen LogP contribution in [-0.4, -0.2) is 48.2 Å². The summed E-state index contributed by atoms with van der Waals surface area (Å²) in [6.45, 7) is 3.01. The van der Waals surface area contributed by atoms with Gasteiger partial charge in [0.15, 0.2) is 0 Å². The van der Waals surface area contributed by atoms with Crippen molar-refractivity contribution in [3.05, 3.63) is 24.0 Å². The van der Waals surface area contributed by atoms with Crippen molar-refractivity contribution in [1.82, 2.24) is 14.8 Å². The first kappa shape index (κ1) is 12.1. The number of morpholine rings is 1. The van der Waals surface area contributed by atoms with E-state index in [-0.39, 0.29) is 12.0 Å². The Labute approximate surface area is 101 Å². The number of hydrogen-bond acceptors (Lipinski definition) is 3. The van der Waals surface area contributed by atoms with Crippen molar-refractivity contribution in [3.8, 4) is 0 Å². The third kappa shape index (κ3) is 2.87. The van der Waals surface area contributed by atoms with Crippen LogP contribution < -0.4 is 5.32 Å². The zero-order chi connectivity index (χ0) is 12.3. The minimum atomic E-state index is -0.339. The van der Waals surface area contributed by atoms with Gasteiger partial charge in [-0.05, 0) is 12.1 Å². The third-order valence-corrected chi connectivity index (χ3v) is 3.13. The highest BCUT2D eigenvalue weighted by Gasteiger charge is 2.25. The summed E-state index contributed by atoms with van der Waals surface area (Å²) < 4.78 is 7.55. The Morgan fingerprint density at radius 2 is 2.47 bits per heavy atom. The van der Waals surface area contributed by atoms with Crippen LogP contribution in [0.25, 0.3) is 0 Å². The molecule has 1 aromatic heterocycles. The van der Waals surface area contributed by atoms with Crippen molar-refractivity contribution in [3.63, 3.8) is 0 Å². The lowest BCUT2D eigenvalue weighted by atomic mass is 10.2. The van der Waals surface area contributed by atoms with Crippen LogP contribution in [0.3, 0.4) is 0 Å². The van der Waals surface area contributed by atoms with E-state index < -0.39 is 0 Å². The summed E-state index contributed by atoms with van der Waals surface area (Å²) in [5.74, 6) is -0.0402. The van der Waals surface area contributed by atoms with Crippen LogP contribution in [0.5, 0.6) is 0 Å². The van der Waals surface area contributed by atoms with E-state index in [0.29, 0.717) is 13.2 Å². The highest BCUT2D eigenvalue weighted by atomic mass is 16.5. The molecule has 94 valence electrons. The first-order valence-electron chi connectivity index (χ1n) is 5.86. The first-order chi connectivity index (χ1) is 8.20. The minimum absolute atomic E-state index is 0.0402. The zero-order valence-electron chi connectivity index (χ0n) is 10.3. The Balaban J connectivity index is 1.94. The van der Waals surface area contributed by atoms with Crippen LogP contribution in [0.15, 0.2) is 18.3 Å². The summed E-state index contributed by atoms with van der Waals surface area (Å²) in [5, 5.41) is 2.63. The summed E-state index contributed by atoms with van der Waals surface area (Å²) in [6.07, 6.45) is 1.69. The summed E-state index contributed by atoms with van der Waals surface area (Å²) in [5.41, 5.74) is 1.25. The zero-order valence-corrected chi connectivity index (χ0v) is 10.3. The van der Waals surface area contributed by atoms with Crippen molar-refractivity contribution in [1.29, 1.82) is 0 Å². The molecule has 1 aromatic rings. The SMILES string of the molecule is CNC(=O)[C@H]1CN(Cc2cccn2C)CCO1. The molecule has 2 rings (SSSR count). The molecule has 5 heteroatoms. The Bertz CT molecular complexity index is 389. The molecule has 2 heterocycles. The maximum absolute atomic E-state index is 11.5. The molecule has 5 nitrogen and oxygen atoms in total. The van der Waals surface area contributed by atoms with E-state index in [2.05, 4.69) is 20.9 Å². The Morgan fingerprint density at radius 1 is 1.65 bits per heavy atom. The average Bonchev–Trinajstić information content (AvgIpc) is 2.74. The number of likely N-dealkylation sites (N-methyl/N-ethyl adjacent to an activating group) is 1. The van der Waals surface area contributed by atoms with Gasteiger partial charge in [0, 0.05) is 45.6 Å². The molecular weight excluding hydrogens is 218 g/mol. The molecular formula is C12H19N3O2. The lowest BCUT2D eigenvalue weighted by molar-refractivity contribution is -0.138. The smallest absolute Gasteiger partial charge is 0.250 e. The van der Waals surface area contributed by atoms with Gasteiger partial charge in [-0.3, -0.25) is 9.69 Å². The van der Waals surface area contributed by atoms with Crippen molar-refractivity contribution in [2.75, 3.05) is 26.7 Å². The van der Waals surface area contributed by atoms with Crippen molar-refractivity contribution < 1.29 is 9.53 Å². The van der Waals surface area contributed by atoms with E-state index in [9.17, 15) is 4.79 Å². The summed E-state index contributed by atoms with van der Waals surface area (Å²) in [7, 11) is 3.67. The van der Waals surface area contributed by atoms with Gasteiger partial charge < -0.3 is 14.6 Å². The lowest BCUT2D eigenvalue weighted by Crippen LogP contribution is -2.48. The normalized spacial score (nSPS) is 21.4. The molecule has 1 aliphatic rings. The number of carbonyl (C=O) groups is 1. The van der Waals surface area contributed by atoms with E-state index in [1.54, 1.807) is 7.05 Å². The van der Waals surface area contributed by atoms with E-state index in [4.69, 9.17) is 4.74 Å². The number of rotatable bonds is 3. The second-order valence-corrected chi connectivity index (χ2v) is 4.32. The fraction of sp³-hybridized carbons (Fsp3) is 0.583. The predicted octanol–water partition coefficient (Wildman–Crippen LogP) is -0.0281. The summed E-state index contributed by atoms with van der Waals surface area (Å²) in [4.78, 5) is 13.8. The van der Waals surface area contributed by atoms with Gasteiger partial charge in [-0.15, -0.1) is 0 Å². The molecule has 0 radical (unpaired) electrons. The molecule has 17 heavy (non-hydrogen) atoms. The van der Waals surface area contributed by atoms with Gasteiger partial charge >= 0.3 is 0 Å². The largest absolute Gasteiger partial charge is 0.366 e. The number of hydrogen-bond donors (Lipinski definition) is 1. The van der Waals surface area contributed by atoms with Crippen molar-refractivity contribution in [2.24, 2.45) is 7.05 Å². The van der Waals surface area contributed by atoms with E-state index in [0.717, 1.165) is 13.1 Å². The van der Waals surface area contributed by atoms with Crippen molar-refractivity contribution >= 4 is 5.91 Å². The quantitative estimate of drug-likeness (QED) is 0.803. The van der Waals surface area contributed by atoms with Crippen LogP contribution in [0.2, 0.25) is 0 Å². The molecule has 0 spiro atoms. The molecule has 1 amide bonds. The second kappa shape index (κ2) is 5.33. The van der Waals surface area contributed by atoms with Crippen LogP contribution in [0.1, 0.15) is 5.69 Å². The van der Waals surface area contributed by atoms with Gasteiger partial charge in [-0.2, -0.15) is 0 Å². The fourth-order valence-electron chi connectivity index (χ4n) is 2.06. The number of amides is 1. The Hall–Kier alpha value is -1.33. The van der Waals surface area contributed by atoms with Crippen LogP contribution >= 0.6 is 0 Å². The summed E-state index contributed by atoms with van der Waals surface area (Å²) in [6, 6.07) is 4.14. The molecule has 1 N–H and O–H groups in total. The number of aryl methyl sites for hydroxylation is 1. The lowest BCUT2D eigenvalue weighted by Gasteiger charge is -2.31. The van der Waals surface area contributed by atoms with Gasteiger partial charge in [0.2, 0.25) is 5.91 Å². The molecule has 0 aromatic carbocycles. The first-order valence-corrected chi connectivity index (χ1v) is 5.86. The van der Waals surface area contributed by atoms with Gasteiger partial charge in [0.05, 0.1) is 6.61 Å². The van der Waals surface area contributed by atoms with Crippen molar-refractivity contribution in [2.45, 2.75) is 12.6 Å². The van der Waals surface area contributed by atoms with Gasteiger partial charge in [0.25, 0.3) is 0 Å². The molecule has 1 atom stereocenters. The Morgan fingerprint density at radius 3 is 3.12 bits per heavy atom. The van der Waals surface area contributed by atoms with Gasteiger partial charge in [-0.25, -0.2) is 0 Å². The van der Waals surface area contributed by atoms with E-state index in [1.807, 2.05) is 19.3 Å². The highest BCUT2D eigenvalue weighted by Crippen LogP contribution is 2.10. The number of aromatic nitrogens is 1. The number of nitrogens with zero attached hydrogens (tertiary/aromatic N) is 2. The third-order valence-electron chi connectivity index (χ3n) is 3.13. The van der Waals surface area contributed by atoms with Crippen LogP contribution in [-0.2, 0) is 23.1 Å². The molecule has 1 saturated heterocycles. The molecule has 1 fully saturated rings. The monoisotopic (exact) mass is 237 g/mol. The minimum Gasteiger partial charge on any atom is -0.366 e. The average molecular weight is 237 g/mol. The maximum Gasteiger partial charge on any atom is 0.250 e. The maximum atomic E-state index is 11.5. The molecule has 1 aliphatic heterocycles. The molecule has 0 aliphatic carbocycles. The van der Waals surface area contributed by atoms with E-state index in [1.165, 1.54) is 5.69 Å². The molecule has 0 bridgehead atoms. The van der Waals surface area contributed by atoms with Gasteiger partial charge in [0.1, 0.15) is 6.10 Å². The molecule has 0 unspecified atom stereocenters. The number of carbonyl (C=O) groups excluding carboxylic acids is 1. The van der Waals surface area contributed by atoms with Crippen LogP contribution in [0, 0.1) is 0 Å². The standard InChI is InChI=1S/C12H19N3O2/c1-13-12(16)11-9-15(6-7-17-11)8-10-4-3-5-14(10)2/h3-5,11H,6-9H2,1-2H3,(H,13,16)/t11-/m1/s1. The van der Waals surface area contributed by atoms with Crippen LogP contribution in [0.4, 0.5) is 0 Å². The topological polar surface area (TPSA) is 46.5 Å². The number of nitrogens with one attached hydrogen (secondary N) is 1. The predicted molar refractivity (Wildman–Crippen MR) is 64.5 cm³/mol. The summed E-state index contributed by atoms with van der Waals surface area (Å²) >= 11 is 0. The second-order valence-electron chi connectivity index (χ2n) is 4.32. The highest BCUT2D eigenvalue weighted by molar-refractivity contribution is 5.80. The Kier molecular flexibility index (Phi) is 3.81. The fourth-order valence-corrected chi connectivity index (χ4v) is 2.06. The van der Waals surface area contributed by atoms with Gasteiger partial charge in [-0.1, -0.05) is 0 Å².